The molecule has 0 fully saturated rings. The Morgan fingerprint density at radius 2 is 1.69 bits per heavy atom. The van der Waals surface area contributed by atoms with E-state index in [9.17, 15) is 9.59 Å². The van der Waals surface area contributed by atoms with Crippen molar-refractivity contribution in [3.63, 3.8) is 0 Å². The largest absolute Gasteiger partial charge is 0.497 e. The molecule has 2 heterocycles. The van der Waals surface area contributed by atoms with E-state index in [1.165, 1.54) is 16.2 Å². The number of hydrogen-bond donors (Lipinski definition) is 1. The smallest absolute Gasteiger partial charge is 0.282 e. The second kappa shape index (κ2) is 7.56. The molecule has 29 heavy (non-hydrogen) atoms. The molecule has 5 nitrogen and oxygen atoms in total. The summed E-state index contributed by atoms with van der Waals surface area (Å²) in [4.78, 5) is 28.8. The van der Waals surface area contributed by atoms with Crippen molar-refractivity contribution in [3.8, 4) is 5.75 Å². The van der Waals surface area contributed by atoms with Crippen molar-refractivity contribution in [3.05, 3.63) is 81.7 Å². The van der Waals surface area contributed by atoms with Crippen molar-refractivity contribution in [2.24, 2.45) is 0 Å². The van der Waals surface area contributed by atoms with Gasteiger partial charge in [-0.05, 0) is 66.8 Å². The van der Waals surface area contributed by atoms with Gasteiger partial charge in [-0.25, -0.2) is 4.90 Å². The van der Waals surface area contributed by atoms with Gasteiger partial charge in [0.05, 0.1) is 18.4 Å². The SMILES string of the molecule is COc1ccc(NC2=C(c3cccs3)C(=O)N(c3cccc(C)c3C)C2=O)cc1. The molecule has 0 bridgehead atoms. The number of aryl methyl sites for hydroxylation is 1. The first-order chi connectivity index (χ1) is 14.0. The number of benzene rings is 2. The fourth-order valence-corrected chi connectivity index (χ4v) is 4.08. The molecule has 6 heteroatoms. The Morgan fingerprint density at radius 1 is 0.931 bits per heavy atom. The van der Waals surface area contributed by atoms with E-state index in [4.69, 9.17) is 4.74 Å². The van der Waals surface area contributed by atoms with Crippen LogP contribution in [0.3, 0.4) is 0 Å². The van der Waals surface area contributed by atoms with Crippen LogP contribution in [-0.2, 0) is 9.59 Å². The van der Waals surface area contributed by atoms with Gasteiger partial charge in [-0.1, -0.05) is 18.2 Å². The molecule has 0 radical (unpaired) electrons. The minimum Gasteiger partial charge on any atom is -0.497 e. The van der Waals surface area contributed by atoms with Gasteiger partial charge >= 0.3 is 0 Å². The molecule has 0 saturated heterocycles. The number of rotatable bonds is 5. The van der Waals surface area contributed by atoms with E-state index < -0.39 is 0 Å². The molecule has 1 aliphatic heterocycles. The van der Waals surface area contributed by atoms with Crippen molar-refractivity contribution in [1.82, 2.24) is 0 Å². The highest BCUT2D eigenvalue weighted by molar-refractivity contribution is 7.11. The molecule has 3 aromatic rings. The number of methoxy groups -OCH3 is 1. The number of carbonyl (C=O) groups is 2. The molecule has 146 valence electrons. The lowest BCUT2D eigenvalue weighted by molar-refractivity contribution is -0.120. The third kappa shape index (κ3) is 3.32. The number of amides is 2. The first-order valence-electron chi connectivity index (χ1n) is 9.15. The summed E-state index contributed by atoms with van der Waals surface area (Å²) in [6, 6.07) is 16.6. The van der Waals surface area contributed by atoms with E-state index in [1.54, 1.807) is 25.3 Å². The fourth-order valence-electron chi connectivity index (χ4n) is 3.31. The zero-order valence-corrected chi connectivity index (χ0v) is 17.2. The molecule has 2 aromatic carbocycles. The highest BCUT2D eigenvalue weighted by atomic mass is 32.1. The van der Waals surface area contributed by atoms with Crippen LogP contribution in [0.25, 0.3) is 5.57 Å². The second-order valence-electron chi connectivity index (χ2n) is 6.75. The lowest BCUT2D eigenvalue weighted by Gasteiger charge is -2.19. The molecule has 4 rings (SSSR count). The summed E-state index contributed by atoms with van der Waals surface area (Å²) >= 11 is 1.43. The second-order valence-corrected chi connectivity index (χ2v) is 7.69. The van der Waals surface area contributed by atoms with E-state index in [1.807, 2.05) is 55.6 Å². The van der Waals surface area contributed by atoms with Gasteiger partial charge in [0.2, 0.25) is 0 Å². The van der Waals surface area contributed by atoms with Gasteiger partial charge in [-0.3, -0.25) is 9.59 Å². The van der Waals surface area contributed by atoms with Gasteiger partial charge in [0.25, 0.3) is 11.8 Å². The number of thiophene rings is 1. The van der Waals surface area contributed by atoms with Crippen molar-refractivity contribution < 1.29 is 14.3 Å². The average molecular weight is 404 g/mol. The molecule has 0 saturated carbocycles. The third-order valence-corrected chi connectivity index (χ3v) is 5.92. The minimum absolute atomic E-state index is 0.281. The van der Waals surface area contributed by atoms with Crippen LogP contribution in [0.2, 0.25) is 0 Å². The molecule has 0 unspecified atom stereocenters. The number of anilines is 2. The topological polar surface area (TPSA) is 58.6 Å². The maximum Gasteiger partial charge on any atom is 0.282 e. The molecule has 0 spiro atoms. The Bertz CT molecular complexity index is 1120. The maximum absolute atomic E-state index is 13.4. The zero-order valence-electron chi connectivity index (χ0n) is 16.4. The van der Waals surface area contributed by atoms with Crippen molar-refractivity contribution in [2.75, 3.05) is 17.3 Å². The van der Waals surface area contributed by atoms with Gasteiger partial charge < -0.3 is 10.1 Å². The minimum atomic E-state index is -0.358. The highest BCUT2D eigenvalue weighted by Crippen LogP contribution is 2.37. The molecular formula is C23H20N2O3S. The summed E-state index contributed by atoms with van der Waals surface area (Å²) in [5, 5.41) is 5.06. The van der Waals surface area contributed by atoms with Crippen molar-refractivity contribution in [2.45, 2.75) is 13.8 Å². The molecule has 0 aliphatic carbocycles. The third-order valence-electron chi connectivity index (χ3n) is 5.03. The first-order valence-corrected chi connectivity index (χ1v) is 10.0. The van der Waals surface area contributed by atoms with E-state index in [0.717, 1.165) is 16.0 Å². The summed E-state index contributed by atoms with van der Waals surface area (Å²) in [5.74, 6) is 0.0407. The Labute approximate surface area is 173 Å². The highest BCUT2D eigenvalue weighted by Gasteiger charge is 2.41. The quantitative estimate of drug-likeness (QED) is 0.623. The molecule has 1 aromatic heterocycles. The van der Waals surface area contributed by atoms with Crippen LogP contribution in [0.4, 0.5) is 11.4 Å². The number of imide groups is 1. The standard InChI is InChI=1S/C23H20N2O3S/c1-14-6-4-7-18(15(14)2)25-22(26)20(19-8-5-13-29-19)21(23(25)27)24-16-9-11-17(28-3)12-10-16/h4-13,24H,1-3H3. The fraction of sp³-hybridized carbons (Fsp3) is 0.130. The Kier molecular flexibility index (Phi) is 4.94. The van der Waals surface area contributed by atoms with Crippen LogP contribution in [-0.4, -0.2) is 18.9 Å². The van der Waals surface area contributed by atoms with Gasteiger partial charge in [0, 0.05) is 10.6 Å². The number of carbonyl (C=O) groups excluding carboxylic acids is 2. The predicted octanol–water partition coefficient (Wildman–Crippen LogP) is 4.77. The lowest BCUT2D eigenvalue weighted by Crippen LogP contribution is -2.33. The number of nitrogens with one attached hydrogen (secondary N) is 1. The van der Waals surface area contributed by atoms with Gasteiger partial charge in [0.15, 0.2) is 0 Å². The van der Waals surface area contributed by atoms with E-state index >= 15 is 0 Å². The molecule has 2 amide bonds. The van der Waals surface area contributed by atoms with Crippen LogP contribution in [0.15, 0.2) is 65.7 Å². The van der Waals surface area contributed by atoms with Crippen LogP contribution in [0.1, 0.15) is 16.0 Å². The number of hydrogen-bond acceptors (Lipinski definition) is 5. The van der Waals surface area contributed by atoms with Crippen LogP contribution in [0, 0.1) is 13.8 Å². The Morgan fingerprint density at radius 3 is 2.34 bits per heavy atom. The summed E-state index contributed by atoms with van der Waals surface area (Å²) in [7, 11) is 1.60. The normalized spacial score (nSPS) is 14.0. The summed E-state index contributed by atoms with van der Waals surface area (Å²) in [6.45, 7) is 3.89. The van der Waals surface area contributed by atoms with Crippen molar-refractivity contribution >= 4 is 40.1 Å². The first kappa shape index (κ1) is 19.0. The van der Waals surface area contributed by atoms with Crippen LogP contribution < -0.4 is 15.0 Å². The Balaban J connectivity index is 1.79. The molecular weight excluding hydrogens is 384 g/mol. The summed E-state index contributed by atoms with van der Waals surface area (Å²) < 4.78 is 5.19. The van der Waals surface area contributed by atoms with Gasteiger partial charge in [-0.15, -0.1) is 11.3 Å². The maximum atomic E-state index is 13.4. The lowest BCUT2D eigenvalue weighted by atomic mass is 10.1. The van der Waals surface area contributed by atoms with E-state index in [-0.39, 0.29) is 17.5 Å². The predicted molar refractivity (Wildman–Crippen MR) is 116 cm³/mol. The summed E-state index contributed by atoms with van der Waals surface area (Å²) in [5.41, 5.74) is 3.92. The number of nitrogens with zero attached hydrogens (tertiary/aromatic N) is 1. The Hall–Kier alpha value is -3.38. The molecule has 1 aliphatic rings. The van der Waals surface area contributed by atoms with Crippen LogP contribution in [0.5, 0.6) is 5.75 Å². The number of ether oxygens (including phenoxy) is 1. The average Bonchev–Trinajstić information content (AvgIpc) is 3.32. The monoisotopic (exact) mass is 404 g/mol. The zero-order chi connectivity index (χ0) is 20.5. The van der Waals surface area contributed by atoms with Gasteiger partial charge in [-0.2, -0.15) is 0 Å². The molecule has 1 N–H and O–H groups in total. The van der Waals surface area contributed by atoms with E-state index in [2.05, 4.69) is 5.32 Å². The van der Waals surface area contributed by atoms with Crippen molar-refractivity contribution in [1.29, 1.82) is 0 Å². The van der Waals surface area contributed by atoms with Gasteiger partial charge in [0.1, 0.15) is 11.4 Å². The van der Waals surface area contributed by atoms with E-state index in [0.29, 0.717) is 22.7 Å². The molecule has 0 atom stereocenters. The van der Waals surface area contributed by atoms with Crippen LogP contribution >= 0.6 is 11.3 Å². The summed E-state index contributed by atoms with van der Waals surface area (Å²) in [6.07, 6.45) is 0.